The Balaban J connectivity index is 1.61. The highest BCUT2D eigenvalue weighted by molar-refractivity contribution is 8.07. The second-order valence-corrected chi connectivity index (χ2v) is 9.18. The van der Waals surface area contributed by atoms with E-state index in [0.717, 1.165) is 21.7 Å². The van der Waals surface area contributed by atoms with Gasteiger partial charge in [-0.15, -0.1) is 0 Å². The van der Waals surface area contributed by atoms with Crippen molar-refractivity contribution in [1.29, 1.82) is 0 Å². The summed E-state index contributed by atoms with van der Waals surface area (Å²) >= 11 is 4.36. The van der Waals surface area contributed by atoms with Crippen LogP contribution >= 0.6 is 23.5 Å². The molecule has 1 saturated heterocycles. The Bertz CT molecular complexity index is 462. The van der Waals surface area contributed by atoms with E-state index in [9.17, 15) is 0 Å². The molecule has 3 heteroatoms. The van der Waals surface area contributed by atoms with Gasteiger partial charge in [0, 0.05) is 27.5 Å². The van der Waals surface area contributed by atoms with Crippen molar-refractivity contribution in [1.82, 2.24) is 5.32 Å². The van der Waals surface area contributed by atoms with Gasteiger partial charge < -0.3 is 5.32 Å². The van der Waals surface area contributed by atoms with Gasteiger partial charge in [0.15, 0.2) is 0 Å². The van der Waals surface area contributed by atoms with Crippen LogP contribution in [0.25, 0.3) is 0 Å². The van der Waals surface area contributed by atoms with Gasteiger partial charge in [-0.1, -0.05) is 38.1 Å². The van der Waals surface area contributed by atoms with E-state index in [1.54, 1.807) is 11.1 Å². The smallest absolute Gasteiger partial charge is 0.0294 e. The molecule has 20 heavy (non-hydrogen) atoms. The molecule has 0 bridgehead atoms. The first-order valence-electron chi connectivity index (χ1n) is 7.71. The van der Waals surface area contributed by atoms with Gasteiger partial charge in [-0.3, -0.25) is 0 Å². The Labute approximate surface area is 131 Å². The molecule has 3 rings (SSSR count). The van der Waals surface area contributed by atoms with E-state index in [1.807, 2.05) is 0 Å². The third-order valence-corrected chi connectivity index (χ3v) is 8.44. The van der Waals surface area contributed by atoms with Crippen LogP contribution in [0.3, 0.4) is 0 Å². The minimum Gasteiger partial charge on any atom is -0.316 e. The lowest BCUT2D eigenvalue weighted by Gasteiger charge is -2.39. The molecular weight excluding hydrogens is 282 g/mol. The van der Waals surface area contributed by atoms with Crippen LogP contribution in [-0.2, 0) is 6.42 Å². The molecule has 1 aliphatic heterocycles. The minimum atomic E-state index is 0.654. The maximum absolute atomic E-state index is 3.60. The molecule has 0 aromatic heterocycles. The molecule has 0 radical (unpaired) electrons. The number of hydrogen-bond donors (Lipinski definition) is 1. The maximum Gasteiger partial charge on any atom is 0.0294 e. The molecule has 0 saturated carbocycles. The van der Waals surface area contributed by atoms with Gasteiger partial charge in [0.2, 0.25) is 0 Å². The SMILES string of the molecule is CNC(CC1Cc2ccccc21)C1CSC(C)C(C)S1. The lowest BCUT2D eigenvalue weighted by atomic mass is 9.74. The van der Waals surface area contributed by atoms with Gasteiger partial charge in [0.25, 0.3) is 0 Å². The van der Waals surface area contributed by atoms with Gasteiger partial charge >= 0.3 is 0 Å². The van der Waals surface area contributed by atoms with Crippen molar-refractivity contribution < 1.29 is 0 Å². The largest absolute Gasteiger partial charge is 0.316 e. The number of benzene rings is 1. The fourth-order valence-electron chi connectivity index (χ4n) is 3.35. The highest BCUT2D eigenvalue weighted by Crippen LogP contribution is 2.42. The normalized spacial score (nSPS) is 34.1. The van der Waals surface area contributed by atoms with Gasteiger partial charge in [0.05, 0.1) is 0 Å². The molecule has 110 valence electrons. The average molecular weight is 308 g/mol. The number of nitrogens with one attached hydrogen (secondary N) is 1. The summed E-state index contributed by atoms with van der Waals surface area (Å²) in [5.74, 6) is 2.08. The molecular formula is C17H25NS2. The highest BCUT2D eigenvalue weighted by atomic mass is 32.2. The fraction of sp³-hybridized carbons (Fsp3) is 0.647. The second-order valence-electron chi connectivity index (χ2n) is 6.15. The van der Waals surface area contributed by atoms with Crippen LogP contribution in [0.5, 0.6) is 0 Å². The zero-order valence-electron chi connectivity index (χ0n) is 12.6. The van der Waals surface area contributed by atoms with Crippen molar-refractivity contribution in [3.63, 3.8) is 0 Å². The summed E-state index contributed by atoms with van der Waals surface area (Å²) in [6.07, 6.45) is 2.58. The van der Waals surface area contributed by atoms with Crippen molar-refractivity contribution in [3.05, 3.63) is 35.4 Å². The van der Waals surface area contributed by atoms with E-state index >= 15 is 0 Å². The van der Waals surface area contributed by atoms with E-state index in [0.29, 0.717) is 6.04 Å². The molecule has 1 aliphatic carbocycles. The average Bonchev–Trinajstić information content (AvgIpc) is 2.44. The summed E-state index contributed by atoms with van der Waals surface area (Å²) in [6.45, 7) is 4.76. The van der Waals surface area contributed by atoms with Gasteiger partial charge in [0.1, 0.15) is 0 Å². The molecule has 0 spiro atoms. The number of hydrogen-bond acceptors (Lipinski definition) is 3. The first-order chi connectivity index (χ1) is 9.69. The van der Waals surface area contributed by atoms with E-state index in [2.05, 4.69) is 74.0 Å². The summed E-state index contributed by atoms with van der Waals surface area (Å²) in [7, 11) is 2.14. The molecule has 1 aromatic carbocycles. The van der Waals surface area contributed by atoms with Crippen molar-refractivity contribution >= 4 is 23.5 Å². The third kappa shape index (κ3) is 2.90. The summed E-state index contributed by atoms with van der Waals surface area (Å²) < 4.78 is 0. The van der Waals surface area contributed by atoms with E-state index in [1.165, 1.54) is 18.6 Å². The van der Waals surface area contributed by atoms with Gasteiger partial charge in [-0.05, 0) is 36.9 Å². The highest BCUT2D eigenvalue weighted by Gasteiger charge is 2.34. The molecule has 1 fully saturated rings. The Morgan fingerprint density at radius 1 is 1.25 bits per heavy atom. The van der Waals surface area contributed by atoms with E-state index in [4.69, 9.17) is 0 Å². The first-order valence-corrected chi connectivity index (χ1v) is 9.70. The predicted octanol–water partition coefficient (Wildman–Crippen LogP) is 3.93. The lowest BCUT2D eigenvalue weighted by Crippen LogP contribution is -2.43. The molecule has 1 aromatic rings. The van der Waals surface area contributed by atoms with E-state index < -0.39 is 0 Å². The quantitative estimate of drug-likeness (QED) is 0.905. The third-order valence-electron chi connectivity index (χ3n) is 4.89. The van der Waals surface area contributed by atoms with Crippen LogP contribution < -0.4 is 5.32 Å². The fourth-order valence-corrected chi connectivity index (χ4v) is 6.54. The number of rotatable bonds is 4. The molecule has 5 unspecified atom stereocenters. The van der Waals surface area contributed by atoms with Crippen LogP contribution in [0, 0.1) is 0 Å². The summed E-state index contributed by atoms with van der Waals surface area (Å²) in [5, 5.41) is 5.96. The summed E-state index contributed by atoms with van der Waals surface area (Å²) in [5.41, 5.74) is 3.17. The van der Waals surface area contributed by atoms with Crippen molar-refractivity contribution in [3.8, 4) is 0 Å². The molecule has 1 heterocycles. The summed E-state index contributed by atoms with van der Waals surface area (Å²) in [6, 6.07) is 9.62. The zero-order valence-corrected chi connectivity index (χ0v) is 14.3. The topological polar surface area (TPSA) is 12.0 Å². The molecule has 2 aliphatic rings. The van der Waals surface area contributed by atoms with Crippen LogP contribution in [-0.4, -0.2) is 34.6 Å². The van der Waals surface area contributed by atoms with Crippen molar-refractivity contribution in [2.75, 3.05) is 12.8 Å². The van der Waals surface area contributed by atoms with Crippen LogP contribution in [0.1, 0.15) is 37.3 Å². The Morgan fingerprint density at radius 2 is 2.05 bits per heavy atom. The van der Waals surface area contributed by atoms with Crippen molar-refractivity contribution in [2.45, 2.75) is 54.4 Å². The first kappa shape index (κ1) is 14.8. The minimum absolute atomic E-state index is 0.654. The standard InChI is InChI=1S/C17H25NS2/c1-11-12(2)20-17(10-19-11)16(18-3)9-14-8-13-6-4-5-7-15(13)14/h4-7,11-12,14,16-18H,8-10H2,1-3H3. The molecule has 1 nitrogen and oxygen atoms in total. The summed E-state index contributed by atoms with van der Waals surface area (Å²) in [4.78, 5) is 0. The number of fused-ring (bicyclic) bond motifs is 1. The Hall–Kier alpha value is -0.120. The van der Waals surface area contributed by atoms with Crippen LogP contribution in [0.15, 0.2) is 24.3 Å². The van der Waals surface area contributed by atoms with Gasteiger partial charge in [-0.2, -0.15) is 23.5 Å². The maximum atomic E-state index is 3.60. The van der Waals surface area contributed by atoms with E-state index in [-0.39, 0.29) is 0 Å². The van der Waals surface area contributed by atoms with Crippen molar-refractivity contribution in [2.24, 2.45) is 0 Å². The van der Waals surface area contributed by atoms with Crippen LogP contribution in [0.4, 0.5) is 0 Å². The van der Waals surface area contributed by atoms with Crippen LogP contribution in [0.2, 0.25) is 0 Å². The lowest BCUT2D eigenvalue weighted by molar-refractivity contribution is 0.438. The zero-order chi connectivity index (χ0) is 14.1. The Morgan fingerprint density at radius 3 is 2.75 bits per heavy atom. The number of thioether (sulfide) groups is 2. The predicted molar refractivity (Wildman–Crippen MR) is 93.1 cm³/mol. The molecule has 0 amide bonds. The molecule has 1 N–H and O–H groups in total. The molecule has 5 atom stereocenters. The Kier molecular flexibility index (Phi) is 4.68. The second kappa shape index (κ2) is 6.33. The monoisotopic (exact) mass is 307 g/mol. The van der Waals surface area contributed by atoms with Gasteiger partial charge in [-0.25, -0.2) is 0 Å².